The molecule has 0 bridgehead atoms. The van der Waals surface area contributed by atoms with Crippen molar-refractivity contribution in [2.45, 2.75) is 17.9 Å². The number of thioether (sulfide) groups is 1. The van der Waals surface area contributed by atoms with E-state index >= 15 is 0 Å². The van der Waals surface area contributed by atoms with Gasteiger partial charge < -0.3 is 9.64 Å². The highest BCUT2D eigenvalue weighted by atomic mass is 32.2. The van der Waals surface area contributed by atoms with Gasteiger partial charge in [-0.05, 0) is 25.0 Å². The number of ether oxygens (including phenoxy) is 1. The van der Waals surface area contributed by atoms with Crippen molar-refractivity contribution in [3.8, 4) is 0 Å². The highest BCUT2D eigenvalue weighted by Gasteiger charge is 2.21. The predicted octanol–water partition coefficient (Wildman–Crippen LogP) is 2.06. The van der Waals surface area contributed by atoms with Gasteiger partial charge in [-0.1, -0.05) is 0 Å². The van der Waals surface area contributed by atoms with Crippen molar-refractivity contribution in [3.63, 3.8) is 0 Å². The van der Waals surface area contributed by atoms with Crippen molar-refractivity contribution in [3.05, 3.63) is 12.4 Å². The summed E-state index contributed by atoms with van der Waals surface area (Å²) in [6.07, 6.45) is 8.15. The van der Waals surface area contributed by atoms with Crippen LogP contribution in [0, 0.1) is 5.92 Å². The minimum Gasteiger partial charge on any atom is -0.384 e. The lowest BCUT2D eigenvalue weighted by molar-refractivity contribution is 0.143. The molecule has 17 heavy (non-hydrogen) atoms. The summed E-state index contributed by atoms with van der Waals surface area (Å²) in [7, 11) is 1.77. The number of piperidine rings is 1. The lowest BCUT2D eigenvalue weighted by Crippen LogP contribution is -2.37. The minimum atomic E-state index is 0.619. The third-order valence-corrected chi connectivity index (χ3v) is 3.67. The van der Waals surface area contributed by atoms with Crippen LogP contribution in [0.25, 0.3) is 0 Å². The average molecular weight is 253 g/mol. The maximum Gasteiger partial charge on any atom is 0.148 e. The van der Waals surface area contributed by atoms with Gasteiger partial charge >= 0.3 is 0 Å². The lowest BCUT2D eigenvalue weighted by atomic mass is 9.99. The van der Waals surface area contributed by atoms with Crippen LogP contribution in [0.5, 0.6) is 0 Å². The van der Waals surface area contributed by atoms with Crippen LogP contribution in [0.4, 0.5) is 5.82 Å². The number of nitrogens with zero attached hydrogens (tertiary/aromatic N) is 3. The molecule has 0 aromatic carbocycles. The molecule has 0 spiro atoms. The smallest absolute Gasteiger partial charge is 0.148 e. The summed E-state index contributed by atoms with van der Waals surface area (Å²) in [5.41, 5.74) is 0. The molecule has 0 radical (unpaired) electrons. The van der Waals surface area contributed by atoms with E-state index in [1.165, 1.54) is 12.8 Å². The highest BCUT2D eigenvalue weighted by molar-refractivity contribution is 7.98. The zero-order chi connectivity index (χ0) is 12.1. The molecule has 0 aliphatic carbocycles. The Morgan fingerprint density at radius 2 is 2.41 bits per heavy atom. The van der Waals surface area contributed by atoms with Gasteiger partial charge in [-0.2, -0.15) is 0 Å². The lowest BCUT2D eigenvalue weighted by Gasteiger charge is -2.33. The van der Waals surface area contributed by atoms with Gasteiger partial charge in [0.1, 0.15) is 10.8 Å². The SMILES string of the molecule is COCC1CCCN(c2cncc(SC)n2)C1. The number of aromatic nitrogens is 2. The van der Waals surface area contributed by atoms with Crippen LogP contribution >= 0.6 is 11.8 Å². The molecule has 2 rings (SSSR count). The fraction of sp³-hybridized carbons (Fsp3) is 0.667. The molecule has 1 aromatic rings. The molecule has 1 saturated heterocycles. The van der Waals surface area contributed by atoms with Crippen LogP contribution in [0.3, 0.4) is 0 Å². The van der Waals surface area contributed by atoms with Crippen LogP contribution < -0.4 is 4.90 Å². The quantitative estimate of drug-likeness (QED) is 0.768. The van der Waals surface area contributed by atoms with E-state index in [0.717, 1.165) is 30.5 Å². The van der Waals surface area contributed by atoms with Gasteiger partial charge in [0.15, 0.2) is 0 Å². The molecule has 1 unspecified atom stereocenters. The van der Waals surface area contributed by atoms with Crippen LogP contribution in [0.1, 0.15) is 12.8 Å². The third kappa shape index (κ3) is 3.33. The van der Waals surface area contributed by atoms with Gasteiger partial charge in [0.05, 0.1) is 19.0 Å². The molecule has 5 heteroatoms. The Morgan fingerprint density at radius 3 is 3.18 bits per heavy atom. The second kappa shape index (κ2) is 6.21. The third-order valence-electron chi connectivity index (χ3n) is 3.05. The molecule has 4 nitrogen and oxygen atoms in total. The standard InChI is InChI=1S/C12H19N3OS/c1-16-9-10-4-3-5-15(8-10)11-6-13-7-12(14-11)17-2/h6-7,10H,3-5,8-9H2,1-2H3. The summed E-state index contributed by atoms with van der Waals surface area (Å²) in [6.45, 7) is 2.94. The first-order chi connectivity index (χ1) is 8.33. The van der Waals surface area contributed by atoms with Crippen molar-refractivity contribution in [1.29, 1.82) is 0 Å². The molecule has 1 aromatic heterocycles. The zero-order valence-corrected chi connectivity index (χ0v) is 11.2. The van der Waals surface area contributed by atoms with Crippen LogP contribution in [0.2, 0.25) is 0 Å². The molecule has 0 saturated carbocycles. The van der Waals surface area contributed by atoms with E-state index < -0.39 is 0 Å². The molecule has 1 atom stereocenters. The minimum absolute atomic E-state index is 0.619. The van der Waals surface area contributed by atoms with Gasteiger partial charge in [0.25, 0.3) is 0 Å². The summed E-state index contributed by atoms with van der Waals surface area (Å²) in [5.74, 6) is 1.62. The molecule has 2 heterocycles. The Labute approximate surface area is 107 Å². The first kappa shape index (κ1) is 12.6. The number of anilines is 1. The molecule has 94 valence electrons. The molecule has 1 aliphatic rings. The monoisotopic (exact) mass is 253 g/mol. The summed E-state index contributed by atoms with van der Waals surface area (Å²) in [6, 6.07) is 0. The maximum absolute atomic E-state index is 5.24. The van der Waals surface area contributed by atoms with Gasteiger partial charge in [0, 0.05) is 20.2 Å². The normalized spacial score (nSPS) is 20.6. The molecule has 0 N–H and O–H groups in total. The van der Waals surface area contributed by atoms with Gasteiger partial charge in [-0.3, -0.25) is 4.98 Å². The number of hydrogen-bond acceptors (Lipinski definition) is 5. The molecule has 1 fully saturated rings. The van der Waals surface area contributed by atoms with E-state index in [1.807, 2.05) is 18.6 Å². The summed E-state index contributed by atoms with van der Waals surface area (Å²) in [4.78, 5) is 11.2. The maximum atomic E-state index is 5.24. The fourth-order valence-corrected chi connectivity index (χ4v) is 2.59. The summed E-state index contributed by atoms with van der Waals surface area (Å²) < 4.78 is 5.24. The fourth-order valence-electron chi connectivity index (χ4n) is 2.23. The van der Waals surface area contributed by atoms with E-state index in [4.69, 9.17) is 4.74 Å². The van der Waals surface area contributed by atoms with E-state index in [9.17, 15) is 0 Å². The van der Waals surface area contributed by atoms with E-state index in [1.54, 1.807) is 18.9 Å². The van der Waals surface area contributed by atoms with Crippen molar-refractivity contribution in [1.82, 2.24) is 9.97 Å². The van der Waals surface area contributed by atoms with Crippen LogP contribution in [0.15, 0.2) is 17.4 Å². The van der Waals surface area contributed by atoms with Gasteiger partial charge in [-0.15, -0.1) is 11.8 Å². The first-order valence-electron chi connectivity index (χ1n) is 5.93. The molecular weight excluding hydrogens is 234 g/mol. The Bertz CT molecular complexity index is 359. The van der Waals surface area contributed by atoms with Crippen LogP contribution in [-0.4, -0.2) is 43.0 Å². The second-order valence-corrected chi connectivity index (χ2v) is 5.16. The van der Waals surface area contributed by atoms with Crippen molar-refractivity contribution in [2.24, 2.45) is 5.92 Å². The summed E-state index contributed by atoms with van der Waals surface area (Å²) >= 11 is 1.63. The van der Waals surface area contributed by atoms with Crippen molar-refractivity contribution >= 4 is 17.6 Å². The zero-order valence-electron chi connectivity index (χ0n) is 10.4. The number of hydrogen-bond donors (Lipinski definition) is 0. The van der Waals surface area contributed by atoms with Gasteiger partial charge in [0.2, 0.25) is 0 Å². The Morgan fingerprint density at radius 1 is 1.53 bits per heavy atom. The van der Waals surface area contributed by atoms with Crippen LogP contribution in [-0.2, 0) is 4.74 Å². The number of rotatable bonds is 4. The largest absolute Gasteiger partial charge is 0.384 e. The molecule has 1 aliphatic heterocycles. The average Bonchev–Trinajstić information content (AvgIpc) is 2.40. The van der Waals surface area contributed by atoms with Crippen molar-refractivity contribution in [2.75, 3.05) is 38.0 Å². The topological polar surface area (TPSA) is 38.2 Å². The van der Waals surface area contributed by atoms with E-state index in [2.05, 4.69) is 14.9 Å². The first-order valence-corrected chi connectivity index (χ1v) is 7.16. The Balaban J connectivity index is 2.05. The molecular formula is C12H19N3OS. The van der Waals surface area contributed by atoms with E-state index in [0.29, 0.717) is 5.92 Å². The number of methoxy groups -OCH3 is 1. The second-order valence-electron chi connectivity index (χ2n) is 4.33. The van der Waals surface area contributed by atoms with E-state index in [-0.39, 0.29) is 0 Å². The molecule has 0 amide bonds. The predicted molar refractivity (Wildman–Crippen MR) is 70.6 cm³/mol. The Hall–Kier alpha value is -0.810. The van der Waals surface area contributed by atoms with Gasteiger partial charge in [-0.25, -0.2) is 4.98 Å². The summed E-state index contributed by atoms with van der Waals surface area (Å²) in [5, 5.41) is 0.983. The van der Waals surface area contributed by atoms with Crippen molar-refractivity contribution < 1.29 is 4.74 Å². The highest BCUT2D eigenvalue weighted by Crippen LogP contribution is 2.22. The Kier molecular flexibility index (Phi) is 4.62.